The van der Waals surface area contributed by atoms with Crippen molar-refractivity contribution in [2.75, 3.05) is 19.7 Å². The van der Waals surface area contributed by atoms with E-state index in [-0.39, 0.29) is 23.2 Å². The number of aliphatic hydroxyl groups excluding tert-OH is 1. The van der Waals surface area contributed by atoms with Gasteiger partial charge in [0.1, 0.15) is 0 Å². The summed E-state index contributed by atoms with van der Waals surface area (Å²) in [5.74, 6) is 0.284. The summed E-state index contributed by atoms with van der Waals surface area (Å²) >= 11 is 0. The Balaban J connectivity index is 2.11. The van der Waals surface area contributed by atoms with Gasteiger partial charge >= 0.3 is 0 Å². The molecule has 2 saturated heterocycles. The van der Waals surface area contributed by atoms with Crippen LogP contribution in [0.4, 0.5) is 0 Å². The Kier molecular flexibility index (Phi) is 2.58. The average Bonchev–Trinajstić information content (AvgIpc) is 2.15. The Morgan fingerprint density at radius 2 is 1.92 bits per heavy atom. The van der Waals surface area contributed by atoms with Crippen LogP contribution < -0.4 is 0 Å². The maximum absolute atomic E-state index is 12.3. The number of hydrogen-bond donors (Lipinski definition) is 1. The van der Waals surface area contributed by atoms with Crippen LogP contribution in [0.3, 0.4) is 0 Å². The van der Waals surface area contributed by atoms with Gasteiger partial charge in [-0.3, -0.25) is 0 Å². The molecule has 1 N–H and O–H groups in total. The smallest absolute Gasteiger partial charge is 0.0938 e. The summed E-state index contributed by atoms with van der Waals surface area (Å²) in [5.41, 5.74) is 0. The largest absolute Gasteiger partial charge is 0.633 e. The molecule has 2 aliphatic rings. The van der Waals surface area contributed by atoms with Crippen molar-refractivity contribution in [3.63, 3.8) is 0 Å². The highest BCUT2D eigenvalue weighted by molar-refractivity contribution is 4.79. The first kappa shape index (κ1) is 9.44. The molecule has 0 aromatic heterocycles. The van der Waals surface area contributed by atoms with Crippen molar-refractivity contribution in [2.45, 2.75) is 38.1 Å². The van der Waals surface area contributed by atoms with Crippen LogP contribution in [-0.4, -0.2) is 35.5 Å². The van der Waals surface area contributed by atoms with Crippen LogP contribution in [0.25, 0.3) is 0 Å². The predicted molar refractivity (Wildman–Crippen MR) is 50.8 cm³/mol. The van der Waals surface area contributed by atoms with E-state index in [0.29, 0.717) is 0 Å². The van der Waals surface area contributed by atoms with Gasteiger partial charge in [0.15, 0.2) is 0 Å². The predicted octanol–water partition coefficient (Wildman–Crippen LogP) is 1.26. The molecule has 0 amide bonds. The van der Waals surface area contributed by atoms with Crippen molar-refractivity contribution in [1.29, 1.82) is 0 Å². The molecule has 2 heterocycles. The molecule has 3 atom stereocenters. The van der Waals surface area contributed by atoms with Crippen LogP contribution in [0, 0.1) is 11.1 Å². The van der Waals surface area contributed by atoms with E-state index < -0.39 is 0 Å². The Hall–Kier alpha value is -0.120. The molecular weight excluding hydrogens is 166 g/mol. The third-order valence-electron chi connectivity index (χ3n) is 3.78. The molecule has 0 saturated carbocycles. The van der Waals surface area contributed by atoms with E-state index in [2.05, 4.69) is 0 Å². The monoisotopic (exact) mass is 185 g/mol. The van der Waals surface area contributed by atoms with Gasteiger partial charge in [0, 0.05) is 12.3 Å². The van der Waals surface area contributed by atoms with E-state index in [0.717, 1.165) is 38.8 Å². The maximum atomic E-state index is 12.3. The van der Waals surface area contributed by atoms with E-state index in [1.165, 1.54) is 6.42 Å². The normalized spacial score (nSPS) is 45.7. The van der Waals surface area contributed by atoms with Gasteiger partial charge < -0.3 is 15.0 Å². The Morgan fingerprint density at radius 3 is 2.69 bits per heavy atom. The summed E-state index contributed by atoms with van der Waals surface area (Å²) in [4.78, 5) is 0. The highest BCUT2D eigenvalue weighted by atomic mass is 16.5. The second kappa shape index (κ2) is 3.56. The highest BCUT2D eigenvalue weighted by Crippen LogP contribution is 2.36. The number of nitrogens with zero attached hydrogens (tertiary/aromatic N) is 1. The number of rotatable bonds is 1. The van der Waals surface area contributed by atoms with Gasteiger partial charge in [0.05, 0.1) is 25.7 Å². The van der Waals surface area contributed by atoms with Crippen molar-refractivity contribution in [2.24, 2.45) is 5.92 Å². The molecule has 0 bridgehead atoms. The zero-order valence-corrected chi connectivity index (χ0v) is 8.11. The van der Waals surface area contributed by atoms with Gasteiger partial charge in [0.25, 0.3) is 0 Å². The van der Waals surface area contributed by atoms with Crippen molar-refractivity contribution in [1.82, 2.24) is 0 Å². The van der Waals surface area contributed by atoms with Crippen LogP contribution >= 0.6 is 0 Å². The lowest BCUT2D eigenvalue weighted by atomic mass is 9.83. The van der Waals surface area contributed by atoms with E-state index in [4.69, 9.17) is 0 Å². The van der Waals surface area contributed by atoms with E-state index in [1.54, 1.807) is 0 Å². The molecule has 13 heavy (non-hydrogen) atoms. The standard InChI is InChI=1S/C10H19NO2/c12-8-9-4-3-7-11(13)6-2-1-5-10(9)11/h9-10,12H,1-8H2/t9-,10-,11-/m1/s1. The SMILES string of the molecule is [O-][N@@+]12CCCC[C@@H]1[C@@H](CO)CCC2. The van der Waals surface area contributed by atoms with Gasteiger partial charge in [-0.2, -0.15) is 0 Å². The Morgan fingerprint density at radius 1 is 1.15 bits per heavy atom. The molecule has 3 nitrogen and oxygen atoms in total. The first-order valence-corrected chi connectivity index (χ1v) is 5.45. The second-order valence-electron chi connectivity index (χ2n) is 4.55. The quantitative estimate of drug-likeness (QED) is 0.493. The number of quaternary nitrogens is 1. The van der Waals surface area contributed by atoms with Crippen molar-refractivity contribution in [3.05, 3.63) is 5.21 Å². The van der Waals surface area contributed by atoms with Crippen molar-refractivity contribution >= 4 is 0 Å². The molecule has 0 radical (unpaired) electrons. The van der Waals surface area contributed by atoms with Crippen molar-refractivity contribution < 1.29 is 9.75 Å². The summed E-state index contributed by atoms with van der Waals surface area (Å²) in [6.07, 6.45) is 5.37. The van der Waals surface area contributed by atoms with Gasteiger partial charge in [-0.1, -0.05) is 0 Å². The van der Waals surface area contributed by atoms with Gasteiger partial charge in [-0.25, -0.2) is 0 Å². The molecule has 2 fully saturated rings. The molecule has 76 valence electrons. The fraction of sp³-hybridized carbons (Fsp3) is 1.00. The number of hydroxylamine groups is 3. The first-order valence-electron chi connectivity index (χ1n) is 5.45. The second-order valence-corrected chi connectivity index (χ2v) is 4.55. The fourth-order valence-electron chi connectivity index (χ4n) is 3.06. The van der Waals surface area contributed by atoms with Crippen molar-refractivity contribution in [3.8, 4) is 0 Å². The molecular formula is C10H19NO2. The number of aliphatic hydroxyl groups is 1. The number of piperidine rings is 2. The zero-order valence-electron chi connectivity index (χ0n) is 8.11. The molecule has 3 heteroatoms. The van der Waals surface area contributed by atoms with Crippen LogP contribution in [0.2, 0.25) is 0 Å². The minimum absolute atomic E-state index is 0.00519. The molecule has 2 rings (SSSR count). The summed E-state index contributed by atoms with van der Waals surface area (Å²) in [6, 6.07) is 0.215. The van der Waals surface area contributed by atoms with E-state index >= 15 is 0 Å². The minimum Gasteiger partial charge on any atom is -0.633 e. The third kappa shape index (κ3) is 1.60. The lowest BCUT2D eigenvalue weighted by Crippen LogP contribution is -2.60. The summed E-state index contributed by atoms with van der Waals surface area (Å²) < 4.78 is 0.00519. The van der Waals surface area contributed by atoms with Crippen LogP contribution in [0.15, 0.2) is 0 Å². The molecule has 2 aliphatic heterocycles. The first-order chi connectivity index (χ1) is 6.26. The number of fused-ring (bicyclic) bond motifs is 1. The van der Waals surface area contributed by atoms with Gasteiger partial charge in [-0.15, -0.1) is 0 Å². The van der Waals surface area contributed by atoms with Crippen LogP contribution in [0.5, 0.6) is 0 Å². The molecule has 0 spiro atoms. The summed E-state index contributed by atoms with van der Waals surface area (Å²) in [7, 11) is 0. The minimum atomic E-state index is 0.00519. The fourth-order valence-corrected chi connectivity index (χ4v) is 3.06. The summed E-state index contributed by atoms with van der Waals surface area (Å²) in [6.45, 7) is 1.80. The highest BCUT2D eigenvalue weighted by Gasteiger charge is 2.40. The molecule has 0 aromatic carbocycles. The molecule has 0 unspecified atom stereocenters. The van der Waals surface area contributed by atoms with E-state index in [1.807, 2.05) is 0 Å². The Bertz CT molecular complexity index is 182. The molecule has 0 aliphatic carbocycles. The van der Waals surface area contributed by atoms with Crippen LogP contribution in [-0.2, 0) is 0 Å². The lowest BCUT2D eigenvalue weighted by molar-refractivity contribution is -0.920. The third-order valence-corrected chi connectivity index (χ3v) is 3.78. The van der Waals surface area contributed by atoms with Gasteiger partial charge in [-0.05, 0) is 25.7 Å². The maximum Gasteiger partial charge on any atom is 0.0938 e. The van der Waals surface area contributed by atoms with E-state index in [9.17, 15) is 10.3 Å². The van der Waals surface area contributed by atoms with Gasteiger partial charge in [0.2, 0.25) is 0 Å². The molecule has 0 aromatic rings. The summed E-state index contributed by atoms with van der Waals surface area (Å²) in [5, 5.41) is 21.5. The number of hydrogen-bond acceptors (Lipinski definition) is 2. The average molecular weight is 185 g/mol. The lowest BCUT2D eigenvalue weighted by Gasteiger charge is -2.56. The Labute approximate surface area is 79.5 Å². The zero-order chi connectivity index (χ0) is 9.31. The topological polar surface area (TPSA) is 43.3 Å². The van der Waals surface area contributed by atoms with Crippen LogP contribution in [0.1, 0.15) is 32.1 Å².